The van der Waals surface area contributed by atoms with Gasteiger partial charge >= 0.3 is 0 Å². The molecule has 2 aromatic rings. The van der Waals surface area contributed by atoms with Crippen molar-refractivity contribution >= 4 is 24.3 Å². The number of carbonyl (C=O) groups excluding carboxylic acids is 1. The van der Waals surface area contributed by atoms with Crippen LogP contribution in [-0.4, -0.2) is 27.4 Å². The molecule has 4 N–H and O–H groups in total. The highest BCUT2D eigenvalue weighted by Crippen LogP contribution is 2.40. The summed E-state index contributed by atoms with van der Waals surface area (Å²) in [6, 6.07) is 7.66. The van der Waals surface area contributed by atoms with Crippen LogP contribution >= 0.6 is 0 Å². The summed E-state index contributed by atoms with van der Waals surface area (Å²) in [5.74, 6) is 9.17. The number of hydrogen-bond acceptors (Lipinski definition) is 6. The minimum atomic E-state index is -0.624. The minimum absolute atomic E-state index is 0.00680. The molecule has 29 heavy (non-hydrogen) atoms. The van der Waals surface area contributed by atoms with Crippen LogP contribution in [0.15, 0.2) is 30.5 Å². The third-order valence-electron chi connectivity index (χ3n) is 5.60. The summed E-state index contributed by atoms with van der Waals surface area (Å²) in [6.45, 7) is 6.26. The van der Waals surface area contributed by atoms with Crippen LogP contribution < -0.4 is 16.6 Å². The standard InChI is InChI=1S/C20H28BN7O/c1-19(2,3)28-17(7-12-24-28)26-16-6-4-5-15(25-16)13-20(18(29)27-23)8-10-21(14-22)11-9-20/h4-7,12H,8-11,13,23H2,1-3H3,(H,25,26)(H,27,29). The largest absolute Gasteiger partial charge is 0.325 e. The summed E-state index contributed by atoms with van der Waals surface area (Å²) >= 11 is 0. The molecule has 0 atom stereocenters. The van der Waals surface area contributed by atoms with Gasteiger partial charge in [-0.25, -0.2) is 20.8 Å². The number of hydrazine groups is 1. The lowest BCUT2D eigenvalue weighted by Crippen LogP contribution is -2.48. The van der Waals surface area contributed by atoms with Gasteiger partial charge in [0, 0.05) is 24.1 Å². The number of nitrogens with zero attached hydrogens (tertiary/aromatic N) is 4. The number of pyridine rings is 1. The Hall–Kier alpha value is -2.86. The summed E-state index contributed by atoms with van der Waals surface area (Å²) in [4.78, 5) is 17.3. The molecule has 0 unspecified atom stereocenters. The van der Waals surface area contributed by atoms with Gasteiger partial charge in [0.25, 0.3) is 6.71 Å². The lowest BCUT2D eigenvalue weighted by Gasteiger charge is -2.36. The number of aromatic nitrogens is 3. The van der Waals surface area contributed by atoms with Gasteiger partial charge < -0.3 is 5.32 Å². The van der Waals surface area contributed by atoms with E-state index in [2.05, 4.69) is 42.6 Å². The summed E-state index contributed by atoms with van der Waals surface area (Å²) in [5.41, 5.74) is 2.36. The zero-order valence-corrected chi connectivity index (χ0v) is 17.3. The van der Waals surface area contributed by atoms with E-state index in [0.717, 1.165) is 11.5 Å². The Balaban J connectivity index is 1.81. The van der Waals surface area contributed by atoms with Crippen molar-refractivity contribution < 1.29 is 4.79 Å². The second-order valence-electron chi connectivity index (χ2n) is 8.77. The molecule has 0 radical (unpaired) electrons. The highest BCUT2D eigenvalue weighted by molar-refractivity contribution is 6.67. The van der Waals surface area contributed by atoms with Crippen molar-refractivity contribution in [1.82, 2.24) is 20.2 Å². The van der Waals surface area contributed by atoms with Gasteiger partial charge in [-0.1, -0.05) is 18.7 Å². The maximum absolute atomic E-state index is 12.6. The van der Waals surface area contributed by atoms with Gasteiger partial charge in [-0.3, -0.25) is 10.2 Å². The average molecular weight is 393 g/mol. The van der Waals surface area contributed by atoms with Crippen molar-refractivity contribution in [2.24, 2.45) is 11.3 Å². The summed E-state index contributed by atoms with van der Waals surface area (Å²) in [7, 11) is 0. The number of nitrogens with one attached hydrogen (secondary N) is 2. The lowest BCUT2D eigenvalue weighted by molar-refractivity contribution is -0.131. The number of rotatable bonds is 5. The number of carbonyl (C=O) groups is 1. The number of amides is 1. The predicted molar refractivity (Wildman–Crippen MR) is 113 cm³/mol. The summed E-state index contributed by atoms with van der Waals surface area (Å²) < 4.78 is 1.91. The van der Waals surface area contributed by atoms with Crippen LogP contribution in [0.5, 0.6) is 0 Å². The molecule has 1 fully saturated rings. The molecule has 1 aliphatic rings. The van der Waals surface area contributed by atoms with Crippen molar-refractivity contribution in [1.29, 1.82) is 5.26 Å². The van der Waals surface area contributed by atoms with Crippen molar-refractivity contribution in [3.63, 3.8) is 0 Å². The van der Waals surface area contributed by atoms with Crippen LogP contribution in [0.3, 0.4) is 0 Å². The van der Waals surface area contributed by atoms with Gasteiger partial charge in [0.05, 0.1) is 17.2 Å². The van der Waals surface area contributed by atoms with Crippen LogP contribution in [0.1, 0.15) is 39.3 Å². The monoisotopic (exact) mass is 393 g/mol. The molecule has 0 bridgehead atoms. The van der Waals surface area contributed by atoms with E-state index in [1.807, 2.05) is 28.9 Å². The Morgan fingerprint density at radius 2 is 2.07 bits per heavy atom. The maximum Gasteiger partial charge on any atom is 0.267 e. The molecule has 1 aliphatic heterocycles. The van der Waals surface area contributed by atoms with E-state index >= 15 is 0 Å². The fourth-order valence-electron chi connectivity index (χ4n) is 3.99. The Labute approximate surface area is 171 Å². The molecule has 8 nitrogen and oxygen atoms in total. The average Bonchev–Trinajstić information content (AvgIpc) is 3.17. The molecule has 2 aromatic heterocycles. The molecule has 0 aromatic carbocycles. The third-order valence-corrected chi connectivity index (χ3v) is 5.60. The second-order valence-corrected chi connectivity index (χ2v) is 8.77. The van der Waals surface area contributed by atoms with Crippen molar-refractivity contribution in [3.05, 3.63) is 36.2 Å². The fourth-order valence-corrected chi connectivity index (χ4v) is 3.99. The van der Waals surface area contributed by atoms with Crippen LogP contribution in [0.2, 0.25) is 12.6 Å². The van der Waals surface area contributed by atoms with Gasteiger partial charge in [-0.15, -0.1) is 0 Å². The highest BCUT2D eigenvalue weighted by Gasteiger charge is 2.43. The molecule has 152 valence electrons. The molecule has 1 amide bonds. The van der Waals surface area contributed by atoms with Crippen LogP contribution in [0.4, 0.5) is 11.6 Å². The second kappa shape index (κ2) is 8.25. The van der Waals surface area contributed by atoms with Crippen molar-refractivity contribution in [3.8, 4) is 5.97 Å². The van der Waals surface area contributed by atoms with E-state index in [1.165, 1.54) is 0 Å². The summed E-state index contributed by atoms with van der Waals surface area (Å²) in [5, 5.41) is 16.9. The molecule has 3 heterocycles. The van der Waals surface area contributed by atoms with E-state index in [9.17, 15) is 10.1 Å². The first-order chi connectivity index (χ1) is 13.8. The molecule has 0 spiro atoms. The van der Waals surface area contributed by atoms with E-state index < -0.39 is 5.41 Å². The number of hydrogen-bond donors (Lipinski definition) is 3. The molecule has 1 saturated heterocycles. The fraction of sp³-hybridized carbons (Fsp3) is 0.500. The molecular weight excluding hydrogens is 365 g/mol. The third kappa shape index (κ3) is 4.59. The van der Waals surface area contributed by atoms with Crippen molar-refractivity contribution in [2.45, 2.75) is 58.2 Å². The summed E-state index contributed by atoms with van der Waals surface area (Å²) in [6.07, 6.45) is 4.90. The lowest BCUT2D eigenvalue weighted by atomic mass is 9.39. The Kier molecular flexibility index (Phi) is 5.94. The van der Waals surface area contributed by atoms with Gasteiger partial charge in [-0.05, 0) is 45.7 Å². The number of anilines is 2. The molecule has 9 heteroatoms. The minimum Gasteiger partial charge on any atom is -0.325 e. The first kappa shape index (κ1) is 20.9. The van der Waals surface area contributed by atoms with Gasteiger partial charge in [0.15, 0.2) is 0 Å². The number of nitriles is 1. The van der Waals surface area contributed by atoms with Crippen LogP contribution in [-0.2, 0) is 16.8 Å². The molecule has 0 saturated carbocycles. The Morgan fingerprint density at radius 1 is 1.34 bits per heavy atom. The van der Waals surface area contributed by atoms with E-state index in [-0.39, 0.29) is 18.2 Å². The Morgan fingerprint density at radius 3 is 2.69 bits per heavy atom. The zero-order valence-electron chi connectivity index (χ0n) is 17.3. The molecule has 3 rings (SSSR count). The first-order valence-electron chi connectivity index (χ1n) is 9.95. The van der Waals surface area contributed by atoms with Crippen LogP contribution in [0.25, 0.3) is 0 Å². The van der Waals surface area contributed by atoms with E-state index in [0.29, 0.717) is 37.7 Å². The SMILES string of the molecule is CC(C)(C)n1nccc1Nc1cccc(CC2(C(=O)NN)CCB(C#N)CC2)n1. The Bertz CT molecular complexity index is 904. The normalized spacial score (nSPS) is 16.2. The van der Waals surface area contributed by atoms with Gasteiger partial charge in [-0.2, -0.15) is 5.10 Å². The number of nitrogens with two attached hydrogens (primary N) is 1. The molecule has 0 aliphatic carbocycles. The quantitative estimate of drug-likeness (QED) is 0.311. The maximum atomic E-state index is 12.6. The predicted octanol–water partition coefficient (Wildman–Crippen LogP) is 2.65. The van der Waals surface area contributed by atoms with Gasteiger partial charge in [0.2, 0.25) is 5.91 Å². The smallest absolute Gasteiger partial charge is 0.267 e. The topological polar surface area (TPSA) is 122 Å². The van der Waals surface area contributed by atoms with Gasteiger partial charge in [0.1, 0.15) is 11.6 Å². The van der Waals surface area contributed by atoms with Crippen molar-refractivity contribution in [2.75, 3.05) is 5.32 Å². The van der Waals surface area contributed by atoms with E-state index in [1.54, 1.807) is 6.20 Å². The highest BCUT2D eigenvalue weighted by atomic mass is 16.2. The zero-order chi connectivity index (χ0) is 21.1. The first-order valence-corrected chi connectivity index (χ1v) is 9.95. The molecular formula is C20H28BN7O. The van der Waals surface area contributed by atoms with E-state index in [4.69, 9.17) is 10.8 Å². The van der Waals surface area contributed by atoms with Crippen LogP contribution in [0, 0.1) is 16.6 Å².